The first-order valence-electron chi connectivity index (χ1n) is 4.05. The van der Waals surface area contributed by atoms with E-state index >= 15 is 0 Å². The Hall–Kier alpha value is -1.41. The first-order valence-corrected chi connectivity index (χ1v) is 4.05. The predicted octanol–water partition coefficient (Wildman–Crippen LogP) is 2.58. The molecule has 1 aromatic rings. The van der Waals surface area contributed by atoms with E-state index in [4.69, 9.17) is 5.53 Å². The molecule has 0 unspecified atom stereocenters. The zero-order valence-corrected chi connectivity index (χ0v) is 6.93. The number of unbranched alkanes of at least 4 members (excludes halogenated alkanes) is 1. The van der Waals surface area contributed by atoms with Crippen LogP contribution in [0.5, 0.6) is 0 Å². The highest BCUT2D eigenvalue weighted by Gasteiger charge is 1.88. The Bertz CT molecular complexity index is 246. The number of hydrogen-bond donors (Lipinski definition) is 0. The van der Waals surface area contributed by atoms with E-state index in [0.717, 1.165) is 19.4 Å². The number of aryl methyl sites for hydroxylation is 1. The smallest absolute Gasteiger partial charge is 0.0258 e. The van der Waals surface area contributed by atoms with E-state index in [1.54, 1.807) is 0 Å². The summed E-state index contributed by atoms with van der Waals surface area (Å²) in [6.45, 7) is 1.62. The van der Waals surface area contributed by atoms with Gasteiger partial charge in [-0.05, 0) is 30.5 Å². The second kappa shape index (κ2) is 5.27. The molecule has 0 aliphatic heterocycles. The minimum absolute atomic E-state index is 0.609. The third kappa shape index (κ3) is 3.12. The van der Waals surface area contributed by atoms with Gasteiger partial charge in [0, 0.05) is 30.4 Å². The van der Waals surface area contributed by atoms with Crippen LogP contribution in [0.4, 0.5) is 0 Å². The van der Waals surface area contributed by atoms with Gasteiger partial charge < -0.3 is 4.57 Å². The summed E-state index contributed by atoms with van der Waals surface area (Å²) < 4.78 is 2.12. The minimum atomic E-state index is 0.609. The molecule has 0 spiro atoms. The summed E-state index contributed by atoms with van der Waals surface area (Å²) in [4.78, 5) is 2.69. The highest BCUT2D eigenvalue weighted by atomic mass is 15.1. The van der Waals surface area contributed by atoms with Gasteiger partial charge in [-0.3, -0.25) is 0 Å². The Labute approximate surface area is 71.4 Å². The maximum Gasteiger partial charge on any atom is 0.0258 e. The van der Waals surface area contributed by atoms with Crippen LogP contribution in [0.1, 0.15) is 12.8 Å². The first-order chi connectivity index (χ1) is 5.93. The van der Waals surface area contributed by atoms with Gasteiger partial charge >= 0.3 is 0 Å². The zero-order chi connectivity index (χ0) is 8.65. The lowest BCUT2D eigenvalue weighted by Gasteiger charge is -1.99. The molecule has 0 N–H and O–H groups in total. The molecule has 1 heterocycles. The summed E-state index contributed by atoms with van der Waals surface area (Å²) in [6.07, 6.45) is 6.09. The average molecular weight is 164 g/mol. The van der Waals surface area contributed by atoms with Crippen LogP contribution in [0.2, 0.25) is 0 Å². The van der Waals surface area contributed by atoms with Crippen molar-refractivity contribution in [3.8, 4) is 0 Å². The fourth-order valence-electron chi connectivity index (χ4n) is 1.04. The van der Waals surface area contributed by atoms with Crippen LogP contribution in [0, 0.1) is 0 Å². The summed E-state index contributed by atoms with van der Waals surface area (Å²) in [5.41, 5.74) is 8.00. The molecule has 0 saturated carbocycles. The van der Waals surface area contributed by atoms with Gasteiger partial charge in [-0.2, -0.15) is 0 Å². The molecule has 0 aliphatic rings. The summed E-state index contributed by atoms with van der Waals surface area (Å²) >= 11 is 0. The van der Waals surface area contributed by atoms with Crippen molar-refractivity contribution in [3.05, 3.63) is 35.0 Å². The van der Waals surface area contributed by atoms with Crippen molar-refractivity contribution < 1.29 is 0 Å². The van der Waals surface area contributed by atoms with E-state index in [-0.39, 0.29) is 0 Å². The second-order valence-corrected chi connectivity index (χ2v) is 2.58. The molecular formula is C8H12N4. The molecule has 64 valence electrons. The molecule has 0 aromatic carbocycles. The number of azide groups is 1. The van der Waals surface area contributed by atoms with Crippen LogP contribution in [0.25, 0.3) is 10.4 Å². The molecule has 0 radical (unpaired) electrons. The molecule has 1 rings (SSSR count). The Morgan fingerprint density at radius 1 is 1.25 bits per heavy atom. The summed E-state index contributed by atoms with van der Waals surface area (Å²) in [5, 5.41) is 3.46. The number of nitrogens with zero attached hydrogens (tertiary/aromatic N) is 4. The normalized spacial score (nSPS) is 9.33. The van der Waals surface area contributed by atoms with E-state index in [9.17, 15) is 0 Å². The second-order valence-electron chi connectivity index (χ2n) is 2.58. The van der Waals surface area contributed by atoms with Gasteiger partial charge in [0.15, 0.2) is 0 Å². The largest absolute Gasteiger partial charge is 0.354 e. The highest BCUT2D eigenvalue weighted by Crippen LogP contribution is 1.96. The number of aromatic nitrogens is 1. The van der Waals surface area contributed by atoms with Crippen LogP contribution in [-0.2, 0) is 6.54 Å². The molecule has 12 heavy (non-hydrogen) atoms. The third-order valence-electron chi connectivity index (χ3n) is 1.65. The Kier molecular flexibility index (Phi) is 3.81. The molecule has 4 nitrogen and oxygen atoms in total. The predicted molar refractivity (Wildman–Crippen MR) is 47.7 cm³/mol. The SMILES string of the molecule is [N-]=[N+]=NCCCCn1cccc1. The lowest BCUT2D eigenvalue weighted by molar-refractivity contribution is 0.617. The van der Waals surface area contributed by atoms with Gasteiger partial charge in [0.05, 0.1) is 0 Å². The Balaban J connectivity index is 2.07. The van der Waals surface area contributed by atoms with Crippen molar-refractivity contribution in [1.82, 2.24) is 4.57 Å². The van der Waals surface area contributed by atoms with Gasteiger partial charge in [0.25, 0.3) is 0 Å². The van der Waals surface area contributed by atoms with Crippen LogP contribution in [0.3, 0.4) is 0 Å². The summed E-state index contributed by atoms with van der Waals surface area (Å²) in [5.74, 6) is 0. The van der Waals surface area contributed by atoms with Crippen molar-refractivity contribution in [1.29, 1.82) is 0 Å². The molecule has 4 heteroatoms. The maximum absolute atomic E-state index is 8.00. The molecular weight excluding hydrogens is 152 g/mol. The van der Waals surface area contributed by atoms with Gasteiger partial charge in [-0.1, -0.05) is 5.11 Å². The van der Waals surface area contributed by atoms with Crippen LogP contribution in [-0.4, -0.2) is 11.1 Å². The lowest BCUT2D eigenvalue weighted by atomic mass is 10.3. The van der Waals surface area contributed by atoms with Crippen LogP contribution < -0.4 is 0 Å². The Morgan fingerprint density at radius 2 is 2.00 bits per heavy atom. The van der Waals surface area contributed by atoms with Gasteiger partial charge in [-0.25, -0.2) is 0 Å². The van der Waals surface area contributed by atoms with Gasteiger partial charge in [0.1, 0.15) is 0 Å². The minimum Gasteiger partial charge on any atom is -0.354 e. The summed E-state index contributed by atoms with van der Waals surface area (Å²) in [7, 11) is 0. The van der Waals surface area contributed by atoms with Crippen molar-refractivity contribution in [2.45, 2.75) is 19.4 Å². The van der Waals surface area contributed by atoms with Crippen molar-refractivity contribution >= 4 is 0 Å². The Morgan fingerprint density at radius 3 is 2.67 bits per heavy atom. The third-order valence-corrected chi connectivity index (χ3v) is 1.65. The molecule has 0 fully saturated rings. The topological polar surface area (TPSA) is 53.7 Å². The van der Waals surface area contributed by atoms with Crippen LogP contribution >= 0.6 is 0 Å². The lowest BCUT2D eigenvalue weighted by Crippen LogP contribution is -1.94. The molecule has 0 amide bonds. The molecule has 0 bridgehead atoms. The van der Waals surface area contributed by atoms with E-state index in [1.165, 1.54) is 0 Å². The zero-order valence-electron chi connectivity index (χ0n) is 6.93. The fraction of sp³-hybridized carbons (Fsp3) is 0.500. The van der Waals surface area contributed by atoms with E-state index < -0.39 is 0 Å². The standard InChI is InChI=1S/C8H12N4/c9-11-10-5-1-2-6-12-7-3-4-8-12/h3-4,7-8H,1-2,5-6H2. The van der Waals surface area contributed by atoms with Crippen molar-refractivity contribution in [3.63, 3.8) is 0 Å². The van der Waals surface area contributed by atoms with E-state index in [1.807, 2.05) is 24.5 Å². The van der Waals surface area contributed by atoms with Crippen molar-refractivity contribution in [2.75, 3.05) is 6.54 Å². The number of rotatable bonds is 5. The number of hydrogen-bond acceptors (Lipinski definition) is 1. The van der Waals surface area contributed by atoms with Gasteiger partial charge in [-0.15, -0.1) is 0 Å². The van der Waals surface area contributed by atoms with E-state index in [0.29, 0.717) is 6.54 Å². The fourth-order valence-corrected chi connectivity index (χ4v) is 1.04. The first kappa shape index (κ1) is 8.68. The highest BCUT2D eigenvalue weighted by molar-refractivity contribution is 4.89. The maximum atomic E-state index is 8.00. The van der Waals surface area contributed by atoms with Crippen LogP contribution in [0.15, 0.2) is 29.6 Å². The van der Waals surface area contributed by atoms with Crippen molar-refractivity contribution in [2.24, 2.45) is 5.11 Å². The molecule has 0 atom stereocenters. The monoisotopic (exact) mass is 164 g/mol. The van der Waals surface area contributed by atoms with Gasteiger partial charge in [0.2, 0.25) is 0 Å². The van der Waals surface area contributed by atoms with E-state index in [2.05, 4.69) is 14.6 Å². The average Bonchev–Trinajstić information content (AvgIpc) is 2.57. The summed E-state index contributed by atoms with van der Waals surface area (Å²) in [6, 6.07) is 4.01. The molecule has 1 aromatic heterocycles. The molecule has 0 saturated heterocycles. The quantitative estimate of drug-likeness (QED) is 0.278. The molecule has 0 aliphatic carbocycles.